The molecule has 1 amide bonds. The van der Waals surface area contributed by atoms with Crippen molar-refractivity contribution in [2.45, 2.75) is 45.2 Å². The fraction of sp³-hybridized carbons (Fsp3) is 0.526. The minimum Gasteiger partial charge on any atom is -0.361 e. The Morgan fingerprint density at radius 2 is 2.08 bits per heavy atom. The second-order valence-corrected chi connectivity index (χ2v) is 7.05. The Hall–Kier alpha value is -2.21. The fourth-order valence-corrected chi connectivity index (χ4v) is 3.86. The van der Waals surface area contributed by atoms with Crippen LogP contribution in [0.3, 0.4) is 0 Å². The van der Waals surface area contributed by atoms with E-state index < -0.39 is 0 Å². The van der Waals surface area contributed by atoms with Gasteiger partial charge in [-0.05, 0) is 57.3 Å². The molecule has 1 atom stereocenters. The standard InChI is InChI=1S/C19H24N4O2/c1-14-11-17(21-25-14)19(24)23-10-4-5-18(23)16-7-6-15(12-20-16)13-22-8-2-3-9-22/h6-7,11-12,18H,2-5,8-10,13H2,1H3. The highest BCUT2D eigenvalue weighted by atomic mass is 16.5. The Morgan fingerprint density at radius 1 is 1.24 bits per heavy atom. The molecule has 2 saturated heterocycles. The molecular weight excluding hydrogens is 316 g/mol. The summed E-state index contributed by atoms with van der Waals surface area (Å²) in [6.07, 6.45) is 6.50. The van der Waals surface area contributed by atoms with Crippen molar-refractivity contribution < 1.29 is 9.32 Å². The Morgan fingerprint density at radius 3 is 2.76 bits per heavy atom. The Kier molecular flexibility index (Phi) is 4.53. The van der Waals surface area contributed by atoms with Gasteiger partial charge in [0.1, 0.15) is 5.76 Å². The van der Waals surface area contributed by atoms with Crippen LogP contribution >= 0.6 is 0 Å². The molecular formula is C19H24N4O2. The van der Waals surface area contributed by atoms with Gasteiger partial charge in [0.15, 0.2) is 5.69 Å². The normalized spacial score (nSPS) is 21.2. The first-order valence-electron chi connectivity index (χ1n) is 9.12. The number of amides is 1. The number of aromatic nitrogens is 2. The molecule has 2 aromatic heterocycles. The third kappa shape index (κ3) is 3.44. The molecule has 2 aliphatic rings. The molecule has 0 spiro atoms. The van der Waals surface area contributed by atoms with E-state index in [1.807, 2.05) is 11.1 Å². The quantitative estimate of drug-likeness (QED) is 0.856. The number of carbonyl (C=O) groups excluding carboxylic acids is 1. The highest BCUT2D eigenvalue weighted by molar-refractivity contribution is 5.92. The largest absolute Gasteiger partial charge is 0.361 e. The highest BCUT2D eigenvalue weighted by Crippen LogP contribution is 2.32. The van der Waals surface area contributed by atoms with Crippen molar-refractivity contribution in [1.29, 1.82) is 0 Å². The summed E-state index contributed by atoms with van der Waals surface area (Å²) in [5.74, 6) is 0.589. The predicted octanol–water partition coefficient (Wildman–Crippen LogP) is 2.95. The van der Waals surface area contributed by atoms with Gasteiger partial charge in [0, 0.05) is 25.4 Å². The molecule has 25 heavy (non-hydrogen) atoms. The summed E-state index contributed by atoms with van der Waals surface area (Å²) < 4.78 is 5.05. The van der Waals surface area contributed by atoms with Crippen LogP contribution in [-0.2, 0) is 6.54 Å². The summed E-state index contributed by atoms with van der Waals surface area (Å²) in [6, 6.07) is 5.97. The zero-order valence-electron chi connectivity index (χ0n) is 14.6. The van der Waals surface area contributed by atoms with E-state index in [1.54, 1.807) is 13.0 Å². The summed E-state index contributed by atoms with van der Waals surface area (Å²) in [6.45, 7) is 5.88. The maximum absolute atomic E-state index is 12.7. The number of aryl methyl sites for hydroxylation is 1. The lowest BCUT2D eigenvalue weighted by Gasteiger charge is -2.23. The van der Waals surface area contributed by atoms with Crippen LogP contribution in [0.25, 0.3) is 0 Å². The van der Waals surface area contributed by atoms with Gasteiger partial charge < -0.3 is 9.42 Å². The molecule has 0 bridgehead atoms. The monoisotopic (exact) mass is 340 g/mol. The molecule has 1 unspecified atom stereocenters. The van der Waals surface area contributed by atoms with E-state index >= 15 is 0 Å². The first-order valence-corrected chi connectivity index (χ1v) is 9.12. The van der Waals surface area contributed by atoms with Crippen molar-refractivity contribution in [2.75, 3.05) is 19.6 Å². The summed E-state index contributed by atoms with van der Waals surface area (Å²) in [5, 5.41) is 3.87. The topological polar surface area (TPSA) is 62.5 Å². The smallest absolute Gasteiger partial charge is 0.276 e. The fourth-order valence-electron chi connectivity index (χ4n) is 3.86. The van der Waals surface area contributed by atoms with Crippen LogP contribution in [0.1, 0.15) is 59.2 Å². The molecule has 6 nitrogen and oxygen atoms in total. The number of pyridine rings is 1. The number of rotatable bonds is 4. The number of carbonyl (C=O) groups is 1. The van der Waals surface area contributed by atoms with Crippen molar-refractivity contribution in [3.8, 4) is 0 Å². The van der Waals surface area contributed by atoms with Gasteiger partial charge in [-0.15, -0.1) is 0 Å². The third-order valence-electron chi connectivity index (χ3n) is 5.15. The Balaban J connectivity index is 1.47. The molecule has 0 radical (unpaired) electrons. The molecule has 132 valence electrons. The molecule has 0 saturated carbocycles. The van der Waals surface area contributed by atoms with E-state index in [0.717, 1.165) is 31.6 Å². The minimum atomic E-state index is -0.0673. The Bertz CT molecular complexity index is 734. The van der Waals surface area contributed by atoms with Gasteiger partial charge in [0.25, 0.3) is 5.91 Å². The molecule has 6 heteroatoms. The average molecular weight is 340 g/mol. The van der Waals surface area contributed by atoms with Crippen LogP contribution in [0.15, 0.2) is 28.9 Å². The molecule has 2 aliphatic heterocycles. The molecule has 0 aromatic carbocycles. The predicted molar refractivity (Wildman–Crippen MR) is 93.0 cm³/mol. The number of hydrogen-bond donors (Lipinski definition) is 0. The molecule has 4 rings (SSSR count). The number of hydrogen-bond acceptors (Lipinski definition) is 5. The molecule has 2 aromatic rings. The lowest BCUT2D eigenvalue weighted by Crippen LogP contribution is -2.31. The van der Waals surface area contributed by atoms with Crippen molar-refractivity contribution in [3.05, 3.63) is 47.1 Å². The van der Waals surface area contributed by atoms with Gasteiger partial charge >= 0.3 is 0 Å². The highest BCUT2D eigenvalue weighted by Gasteiger charge is 2.32. The van der Waals surface area contributed by atoms with Crippen molar-refractivity contribution in [1.82, 2.24) is 19.9 Å². The van der Waals surface area contributed by atoms with E-state index in [0.29, 0.717) is 11.5 Å². The Labute approximate surface area is 147 Å². The van der Waals surface area contributed by atoms with Crippen LogP contribution in [0.4, 0.5) is 0 Å². The lowest BCUT2D eigenvalue weighted by atomic mass is 10.1. The summed E-state index contributed by atoms with van der Waals surface area (Å²) in [5.41, 5.74) is 2.60. The first kappa shape index (κ1) is 16.3. The first-order chi connectivity index (χ1) is 12.2. The van der Waals surface area contributed by atoms with Crippen LogP contribution in [0, 0.1) is 6.92 Å². The van der Waals surface area contributed by atoms with Crippen molar-refractivity contribution >= 4 is 5.91 Å². The molecule has 0 N–H and O–H groups in total. The molecule has 4 heterocycles. The number of nitrogens with zero attached hydrogens (tertiary/aromatic N) is 4. The zero-order chi connectivity index (χ0) is 17.2. The zero-order valence-corrected chi connectivity index (χ0v) is 14.6. The summed E-state index contributed by atoms with van der Waals surface area (Å²) in [7, 11) is 0. The van der Waals surface area contributed by atoms with Gasteiger partial charge in [-0.1, -0.05) is 11.2 Å². The van der Waals surface area contributed by atoms with Crippen LogP contribution in [0.5, 0.6) is 0 Å². The second-order valence-electron chi connectivity index (χ2n) is 7.05. The van der Waals surface area contributed by atoms with E-state index in [4.69, 9.17) is 4.52 Å². The van der Waals surface area contributed by atoms with Gasteiger partial charge in [0.05, 0.1) is 11.7 Å². The van der Waals surface area contributed by atoms with Gasteiger partial charge in [-0.2, -0.15) is 0 Å². The van der Waals surface area contributed by atoms with Crippen LogP contribution < -0.4 is 0 Å². The van der Waals surface area contributed by atoms with Gasteiger partial charge in [0.2, 0.25) is 0 Å². The maximum Gasteiger partial charge on any atom is 0.276 e. The van der Waals surface area contributed by atoms with E-state index in [2.05, 4.69) is 27.2 Å². The molecule has 2 fully saturated rings. The van der Waals surface area contributed by atoms with Crippen LogP contribution in [0.2, 0.25) is 0 Å². The molecule has 0 aliphatic carbocycles. The van der Waals surface area contributed by atoms with E-state index in [1.165, 1.54) is 31.5 Å². The maximum atomic E-state index is 12.7. The lowest BCUT2D eigenvalue weighted by molar-refractivity contribution is 0.0722. The number of likely N-dealkylation sites (tertiary alicyclic amines) is 2. The van der Waals surface area contributed by atoms with Gasteiger partial charge in [-0.25, -0.2) is 0 Å². The second kappa shape index (κ2) is 6.96. The van der Waals surface area contributed by atoms with Crippen molar-refractivity contribution in [3.63, 3.8) is 0 Å². The van der Waals surface area contributed by atoms with E-state index in [-0.39, 0.29) is 11.9 Å². The third-order valence-corrected chi connectivity index (χ3v) is 5.15. The summed E-state index contributed by atoms with van der Waals surface area (Å²) >= 11 is 0. The average Bonchev–Trinajstić information content (AvgIpc) is 3.36. The SMILES string of the molecule is Cc1cc(C(=O)N2CCCC2c2ccc(CN3CCCC3)cn2)no1. The minimum absolute atomic E-state index is 0.0327. The summed E-state index contributed by atoms with van der Waals surface area (Å²) in [4.78, 5) is 21.7. The van der Waals surface area contributed by atoms with Gasteiger partial charge in [-0.3, -0.25) is 14.7 Å². The van der Waals surface area contributed by atoms with E-state index in [9.17, 15) is 4.79 Å². The van der Waals surface area contributed by atoms with Crippen LogP contribution in [-0.4, -0.2) is 45.5 Å². The van der Waals surface area contributed by atoms with Crippen molar-refractivity contribution in [2.24, 2.45) is 0 Å².